The maximum atomic E-state index is 6.09. The molecule has 1 rings (SSSR count). The van der Waals surface area contributed by atoms with Crippen molar-refractivity contribution in [2.75, 3.05) is 18.5 Å². The summed E-state index contributed by atoms with van der Waals surface area (Å²) in [7, 11) is 0. The molecule has 1 aromatic rings. The van der Waals surface area contributed by atoms with Crippen LogP contribution >= 0.6 is 11.6 Å². The number of rotatable bonds is 6. The second kappa shape index (κ2) is 6.34. The van der Waals surface area contributed by atoms with Crippen LogP contribution in [0.4, 0.5) is 5.82 Å². The molecule has 4 nitrogen and oxygen atoms in total. The van der Waals surface area contributed by atoms with Crippen molar-refractivity contribution in [2.45, 2.75) is 46.6 Å². The molecule has 0 radical (unpaired) electrons. The van der Waals surface area contributed by atoms with Crippen LogP contribution < -0.4 is 5.32 Å². The topological polar surface area (TPSA) is 47.0 Å². The Morgan fingerprint density at radius 2 is 1.94 bits per heavy atom. The molecule has 0 aliphatic carbocycles. The first-order chi connectivity index (χ1) is 8.39. The number of halogens is 1. The summed E-state index contributed by atoms with van der Waals surface area (Å²) in [5.41, 5.74) is 0.645. The monoisotopic (exact) mass is 271 g/mol. The van der Waals surface area contributed by atoms with Gasteiger partial charge < -0.3 is 10.1 Å². The van der Waals surface area contributed by atoms with Crippen LogP contribution in [0.25, 0.3) is 0 Å². The number of ether oxygens (including phenoxy) is 1. The van der Waals surface area contributed by atoms with Gasteiger partial charge in [0.25, 0.3) is 0 Å². The van der Waals surface area contributed by atoms with Gasteiger partial charge in [0.1, 0.15) is 16.8 Å². The van der Waals surface area contributed by atoms with Gasteiger partial charge in [-0.15, -0.1) is 0 Å². The molecule has 0 atom stereocenters. The Morgan fingerprint density at radius 3 is 2.50 bits per heavy atom. The molecule has 1 heterocycles. The Morgan fingerprint density at radius 1 is 1.28 bits per heavy atom. The zero-order valence-electron chi connectivity index (χ0n) is 11.8. The van der Waals surface area contributed by atoms with Gasteiger partial charge in [0.15, 0.2) is 0 Å². The van der Waals surface area contributed by atoms with E-state index in [2.05, 4.69) is 15.3 Å². The van der Waals surface area contributed by atoms with Crippen LogP contribution in [0.1, 0.15) is 39.1 Å². The fourth-order valence-electron chi connectivity index (χ4n) is 1.60. The average Bonchev–Trinajstić information content (AvgIpc) is 2.30. The van der Waals surface area contributed by atoms with E-state index in [0.29, 0.717) is 18.3 Å². The van der Waals surface area contributed by atoms with E-state index in [1.54, 1.807) is 0 Å². The van der Waals surface area contributed by atoms with E-state index in [4.69, 9.17) is 16.3 Å². The van der Waals surface area contributed by atoms with Gasteiger partial charge >= 0.3 is 0 Å². The number of aryl methyl sites for hydroxylation is 1. The maximum absolute atomic E-state index is 6.09. The maximum Gasteiger partial charge on any atom is 0.137 e. The third kappa shape index (κ3) is 4.10. The van der Waals surface area contributed by atoms with E-state index in [1.807, 2.05) is 34.6 Å². The Bertz CT molecular complexity index is 407. The molecule has 1 aromatic heterocycles. The molecule has 0 saturated heterocycles. The predicted molar refractivity (Wildman–Crippen MR) is 75.4 cm³/mol. The third-order valence-corrected chi connectivity index (χ3v) is 3.03. The Kier molecular flexibility index (Phi) is 5.35. The summed E-state index contributed by atoms with van der Waals surface area (Å²) >= 11 is 6.09. The second-order valence-corrected chi connectivity index (χ2v) is 5.16. The molecular weight excluding hydrogens is 250 g/mol. The van der Waals surface area contributed by atoms with Crippen molar-refractivity contribution in [1.82, 2.24) is 9.97 Å². The molecule has 0 aliphatic heterocycles. The summed E-state index contributed by atoms with van der Waals surface area (Å²) < 4.78 is 5.64. The quantitative estimate of drug-likeness (QED) is 0.807. The summed E-state index contributed by atoms with van der Waals surface area (Å²) in [5.74, 6) is 1.54. The summed E-state index contributed by atoms with van der Waals surface area (Å²) in [4.78, 5) is 8.67. The predicted octanol–water partition coefficient (Wildman–Crippen LogP) is 3.23. The molecule has 0 amide bonds. The number of nitrogens with one attached hydrogen (secondary N) is 1. The van der Waals surface area contributed by atoms with Crippen molar-refractivity contribution in [3.63, 3.8) is 0 Å². The van der Waals surface area contributed by atoms with Gasteiger partial charge in [-0.1, -0.05) is 18.5 Å². The number of nitrogens with zero attached hydrogens (tertiary/aromatic N) is 2. The lowest BCUT2D eigenvalue weighted by Gasteiger charge is -2.25. The molecule has 5 heteroatoms. The van der Waals surface area contributed by atoms with Crippen LogP contribution in [0.5, 0.6) is 0 Å². The smallest absolute Gasteiger partial charge is 0.137 e. The lowest BCUT2D eigenvalue weighted by Crippen LogP contribution is -2.33. The summed E-state index contributed by atoms with van der Waals surface area (Å²) in [5, 5.41) is 3.81. The van der Waals surface area contributed by atoms with Crippen molar-refractivity contribution in [3.05, 3.63) is 16.5 Å². The molecule has 0 spiro atoms. The normalized spacial score (nSPS) is 11.7. The van der Waals surface area contributed by atoms with Crippen LogP contribution in [0, 0.1) is 6.92 Å². The van der Waals surface area contributed by atoms with Crippen LogP contribution in [0.15, 0.2) is 0 Å². The second-order valence-electron chi connectivity index (χ2n) is 4.80. The lowest BCUT2D eigenvalue weighted by molar-refractivity contribution is 0.000631. The third-order valence-electron chi connectivity index (χ3n) is 2.67. The van der Waals surface area contributed by atoms with Crippen LogP contribution in [0.3, 0.4) is 0 Å². The van der Waals surface area contributed by atoms with E-state index in [0.717, 1.165) is 23.6 Å². The van der Waals surface area contributed by atoms with Crippen molar-refractivity contribution in [1.29, 1.82) is 0 Å². The zero-order valence-corrected chi connectivity index (χ0v) is 12.6. The molecule has 0 aliphatic rings. The van der Waals surface area contributed by atoms with Gasteiger partial charge in [0.05, 0.1) is 5.60 Å². The van der Waals surface area contributed by atoms with Gasteiger partial charge in [0, 0.05) is 25.1 Å². The molecule has 1 N–H and O–H groups in total. The van der Waals surface area contributed by atoms with Gasteiger partial charge in [0.2, 0.25) is 0 Å². The van der Waals surface area contributed by atoms with Crippen molar-refractivity contribution >= 4 is 17.4 Å². The van der Waals surface area contributed by atoms with Gasteiger partial charge in [-0.25, -0.2) is 9.97 Å². The summed E-state index contributed by atoms with van der Waals surface area (Å²) in [6.45, 7) is 11.4. The van der Waals surface area contributed by atoms with Gasteiger partial charge in [-0.05, 0) is 27.7 Å². The zero-order chi connectivity index (χ0) is 13.8. The van der Waals surface area contributed by atoms with Crippen LogP contribution in [-0.4, -0.2) is 28.7 Å². The Labute approximate surface area is 114 Å². The highest BCUT2D eigenvalue weighted by atomic mass is 35.5. The number of hydrogen-bond donors (Lipinski definition) is 1. The molecule has 0 bridgehead atoms. The van der Waals surface area contributed by atoms with Crippen molar-refractivity contribution in [2.24, 2.45) is 0 Å². The summed E-state index contributed by atoms with van der Waals surface area (Å²) in [6.07, 6.45) is 0.767. The first-order valence-corrected chi connectivity index (χ1v) is 6.68. The van der Waals surface area contributed by atoms with Gasteiger partial charge in [-0.3, -0.25) is 0 Å². The minimum atomic E-state index is -0.231. The van der Waals surface area contributed by atoms with Crippen molar-refractivity contribution in [3.8, 4) is 0 Å². The number of hydrogen-bond acceptors (Lipinski definition) is 4. The van der Waals surface area contributed by atoms with Crippen molar-refractivity contribution < 1.29 is 4.74 Å². The molecule has 102 valence electrons. The van der Waals surface area contributed by atoms with Crippen LogP contribution in [-0.2, 0) is 11.2 Å². The first kappa shape index (κ1) is 15.2. The molecular formula is C13H22ClN3O. The molecule has 0 aromatic carbocycles. The minimum absolute atomic E-state index is 0.231. The largest absolute Gasteiger partial charge is 0.374 e. The average molecular weight is 272 g/mol. The Balaban J connectivity index is 2.81. The molecule has 0 saturated carbocycles. The van der Waals surface area contributed by atoms with Crippen LogP contribution in [0.2, 0.25) is 5.15 Å². The highest BCUT2D eigenvalue weighted by molar-refractivity contribution is 6.30. The number of aromatic nitrogens is 2. The fourth-order valence-corrected chi connectivity index (χ4v) is 1.79. The van der Waals surface area contributed by atoms with Gasteiger partial charge in [-0.2, -0.15) is 0 Å². The van der Waals surface area contributed by atoms with E-state index < -0.39 is 0 Å². The van der Waals surface area contributed by atoms with E-state index >= 15 is 0 Å². The Hall–Kier alpha value is -0.870. The van der Waals surface area contributed by atoms with E-state index in [1.165, 1.54) is 0 Å². The van der Waals surface area contributed by atoms with E-state index in [9.17, 15) is 0 Å². The fraction of sp³-hybridized carbons (Fsp3) is 0.692. The van der Waals surface area contributed by atoms with E-state index in [-0.39, 0.29) is 5.60 Å². The number of anilines is 1. The first-order valence-electron chi connectivity index (χ1n) is 6.30. The highest BCUT2D eigenvalue weighted by Crippen LogP contribution is 2.21. The molecule has 18 heavy (non-hydrogen) atoms. The SMILES string of the molecule is CCOC(C)(C)CNc1nc(CC)nc(Cl)c1C. The summed E-state index contributed by atoms with van der Waals surface area (Å²) in [6, 6.07) is 0. The lowest BCUT2D eigenvalue weighted by atomic mass is 10.1. The minimum Gasteiger partial charge on any atom is -0.374 e. The standard InChI is InChI=1S/C13H22ClN3O/c1-6-10-16-11(14)9(3)12(17-10)15-8-13(4,5)18-7-2/h6-8H2,1-5H3,(H,15,16,17). The molecule has 0 fully saturated rings. The highest BCUT2D eigenvalue weighted by Gasteiger charge is 2.18. The molecule has 0 unspecified atom stereocenters.